The Morgan fingerprint density at radius 2 is 2.11 bits per heavy atom. The van der Waals surface area contributed by atoms with Crippen molar-refractivity contribution in [1.29, 1.82) is 0 Å². The van der Waals surface area contributed by atoms with Gasteiger partial charge in [0.2, 0.25) is 0 Å². The van der Waals surface area contributed by atoms with Crippen molar-refractivity contribution >= 4 is 33.9 Å². The lowest BCUT2D eigenvalue weighted by Gasteiger charge is -2.19. The van der Waals surface area contributed by atoms with E-state index in [9.17, 15) is 9.59 Å². The molecule has 3 aromatic heterocycles. The van der Waals surface area contributed by atoms with Gasteiger partial charge in [-0.25, -0.2) is 14.8 Å². The number of carbonyl (C=O) groups is 2. The van der Waals surface area contributed by atoms with Gasteiger partial charge in [-0.15, -0.1) is 0 Å². The van der Waals surface area contributed by atoms with E-state index in [0.29, 0.717) is 24.6 Å². The van der Waals surface area contributed by atoms with Crippen LogP contribution in [0.25, 0.3) is 33.6 Å². The summed E-state index contributed by atoms with van der Waals surface area (Å²) >= 11 is 0. The Morgan fingerprint density at radius 1 is 1.25 bits per heavy atom. The highest BCUT2D eigenvalue weighted by Crippen LogP contribution is 2.35. The minimum Gasteiger partial charge on any atom is -0.456 e. The summed E-state index contributed by atoms with van der Waals surface area (Å²) in [4.78, 5) is 34.3. The molecule has 0 bridgehead atoms. The van der Waals surface area contributed by atoms with Crippen molar-refractivity contribution in [3.8, 4) is 11.5 Å². The molecular weight excluding hydrogens is 456 g/mol. The average molecular weight is 485 g/mol. The first kappa shape index (κ1) is 22.5. The van der Waals surface area contributed by atoms with Gasteiger partial charge >= 0.3 is 5.97 Å². The van der Waals surface area contributed by atoms with E-state index in [1.54, 1.807) is 6.07 Å². The van der Waals surface area contributed by atoms with Crippen LogP contribution in [0, 0.1) is 5.92 Å². The molecule has 6 rings (SSSR count). The Balaban J connectivity index is 1.30. The standard InChI is InChI=1S/C27H28N6O3/c1-3-24(34)36-23-14-28-13-20(23)31-27(35)18-8-9-21-19(11-18)30-26(32(21)2)22-12-17-5-4-10-29-25(17)33(22)15-16-6-7-16/h3-5,8-12,16,20,23,28H,1,6-7,13-15H2,2H3,(H,31,35)/t20-,23+/m0/s1. The minimum absolute atomic E-state index is 0.232. The normalized spacial score (nSPS) is 19.6. The summed E-state index contributed by atoms with van der Waals surface area (Å²) in [5.74, 6) is 0.799. The third-order valence-corrected chi connectivity index (χ3v) is 7.07. The number of benzene rings is 1. The van der Waals surface area contributed by atoms with Crippen molar-refractivity contribution in [3.63, 3.8) is 0 Å². The van der Waals surface area contributed by atoms with E-state index in [1.165, 1.54) is 12.8 Å². The second-order valence-corrected chi connectivity index (χ2v) is 9.62. The van der Waals surface area contributed by atoms with Gasteiger partial charge in [0.25, 0.3) is 5.91 Å². The molecule has 2 fully saturated rings. The molecule has 2 N–H and O–H groups in total. The van der Waals surface area contributed by atoms with E-state index >= 15 is 0 Å². The number of carbonyl (C=O) groups excluding carboxylic acids is 2. The van der Waals surface area contributed by atoms with E-state index in [0.717, 1.165) is 46.2 Å². The number of rotatable bonds is 7. The molecule has 1 amide bonds. The van der Waals surface area contributed by atoms with Crippen LogP contribution in [0.4, 0.5) is 0 Å². The minimum atomic E-state index is -0.500. The Bertz CT molecular complexity index is 1500. The molecule has 1 saturated heterocycles. The van der Waals surface area contributed by atoms with Crippen molar-refractivity contribution < 1.29 is 14.3 Å². The van der Waals surface area contributed by atoms with Crippen molar-refractivity contribution in [1.82, 2.24) is 29.7 Å². The van der Waals surface area contributed by atoms with Crippen LogP contribution >= 0.6 is 0 Å². The number of imidazole rings is 1. The van der Waals surface area contributed by atoms with Crippen molar-refractivity contribution in [2.75, 3.05) is 13.1 Å². The molecule has 4 heterocycles. The average Bonchev–Trinajstić information content (AvgIpc) is 3.36. The van der Waals surface area contributed by atoms with Gasteiger partial charge in [-0.05, 0) is 55.2 Å². The van der Waals surface area contributed by atoms with Crippen LogP contribution in [-0.2, 0) is 23.1 Å². The number of aromatic nitrogens is 4. The van der Waals surface area contributed by atoms with Crippen molar-refractivity contribution in [2.24, 2.45) is 13.0 Å². The molecule has 2 aliphatic rings. The molecule has 4 aromatic rings. The number of amides is 1. The van der Waals surface area contributed by atoms with E-state index < -0.39 is 12.1 Å². The van der Waals surface area contributed by atoms with E-state index in [-0.39, 0.29) is 11.9 Å². The number of fused-ring (bicyclic) bond motifs is 2. The Labute approximate surface area is 208 Å². The molecule has 1 saturated carbocycles. The van der Waals surface area contributed by atoms with Gasteiger partial charge in [0, 0.05) is 49.9 Å². The lowest BCUT2D eigenvalue weighted by molar-refractivity contribution is -0.142. The van der Waals surface area contributed by atoms with E-state index in [2.05, 4.69) is 43.5 Å². The van der Waals surface area contributed by atoms with Crippen LogP contribution < -0.4 is 10.6 Å². The smallest absolute Gasteiger partial charge is 0.330 e. The zero-order valence-corrected chi connectivity index (χ0v) is 20.1. The van der Waals surface area contributed by atoms with Gasteiger partial charge in [-0.3, -0.25) is 4.79 Å². The number of hydrogen-bond donors (Lipinski definition) is 2. The Morgan fingerprint density at radius 3 is 2.92 bits per heavy atom. The number of nitrogens with zero attached hydrogens (tertiary/aromatic N) is 4. The fraction of sp³-hybridized carbons (Fsp3) is 0.333. The molecule has 184 valence electrons. The predicted octanol–water partition coefficient (Wildman–Crippen LogP) is 2.80. The lowest BCUT2D eigenvalue weighted by Crippen LogP contribution is -2.44. The molecule has 1 aliphatic carbocycles. The zero-order valence-electron chi connectivity index (χ0n) is 20.1. The second-order valence-electron chi connectivity index (χ2n) is 9.62. The first-order chi connectivity index (χ1) is 17.5. The predicted molar refractivity (Wildman–Crippen MR) is 136 cm³/mol. The Hall–Kier alpha value is -3.98. The first-order valence-corrected chi connectivity index (χ1v) is 12.3. The number of ether oxygens (including phenoxy) is 1. The highest BCUT2D eigenvalue weighted by atomic mass is 16.5. The maximum Gasteiger partial charge on any atom is 0.330 e. The third kappa shape index (κ3) is 4.05. The van der Waals surface area contributed by atoms with Crippen LogP contribution in [0.1, 0.15) is 23.2 Å². The van der Waals surface area contributed by atoms with Crippen LogP contribution in [0.3, 0.4) is 0 Å². The van der Waals surface area contributed by atoms with Crippen LogP contribution in [0.15, 0.2) is 55.3 Å². The molecular formula is C27H28N6O3. The highest BCUT2D eigenvalue weighted by molar-refractivity contribution is 5.98. The topological polar surface area (TPSA) is 103 Å². The molecule has 2 atom stereocenters. The van der Waals surface area contributed by atoms with Crippen molar-refractivity contribution in [3.05, 3.63) is 60.8 Å². The summed E-state index contributed by atoms with van der Waals surface area (Å²) in [6.07, 6.45) is 5.02. The van der Waals surface area contributed by atoms with Gasteiger partial charge in [0.15, 0.2) is 5.82 Å². The maximum atomic E-state index is 13.1. The van der Waals surface area contributed by atoms with Crippen LogP contribution in [-0.4, -0.2) is 56.2 Å². The lowest BCUT2D eigenvalue weighted by atomic mass is 10.1. The van der Waals surface area contributed by atoms with Gasteiger partial charge in [-0.2, -0.15) is 0 Å². The van der Waals surface area contributed by atoms with E-state index in [1.807, 2.05) is 31.4 Å². The fourth-order valence-electron chi connectivity index (χ4n) is 4.96. The van der Waals surface area contributed by atoms with E-state index in [4.69, 9.17) is 9.72 Å². The summed E-state index contributed by atoms with van der Waals surface area (Å²) in [7, 11) is 2.00. The molecule has 9 heteroatoms. The van der Waals surface area contributed by atoms with Gasteiger partial charge in [-0.1, -0.05) is 6.58 Å². The molecule has 9 nitrogen and oxygen atoms in total. The number of esters is 1. The number of nitrogens with one attached hydrogen (secondary N) is 2. The van der Waals surface area contributed by atoms with Gasteiger partial charge in [0.05, 0.1) is 22.8 Å². The van der Waals surface area contributed by atoms with Crippen LogP contribution in [0.5, 0.6) is 0 Å². The first-order valence-electron chi connectivity index (χ1n) is 12.3. The molecule has 0 unspecified atom stereocenters. The third-order valence-electron chi connectivity index (χ3n) is 7.07. The van der Waals surface area contributed by atoms with Crippen molar-refractivity contribution in [2.45, 2.75) is 31.5 Å². The highest BCUT2D eigenvalue weighted by Gasteiger charge is 2.31. The summed E-state index contributed by atoms with van der Waals surface area (Å²) < 4.78 is 9.71. The van der Waals surface area contributed by atoms with Crippen LogP contribution in [0.2, 0.25) is 0 Å². The number of pyridine rings is 1. The summed E-state index contributed by atoms with van der Waals surface area (Å²) in [5, 5.41) is 7.23. The maximum absolute atomic E-state index is 13.1. The summed E-state index contributed by atoms with van der Waals surface area (Å²) in [5.41, 5.74) is 4.20. The molecule has 0 radical (unpaired) electrons. The molecule has 1 aromatic carbocycles. The SMILES string of the molecule is C=CC(=O)O[C@@H]1CNC[C@@H]1NC(=O)c1ccc2c(c1)nc(-c1cc3cccnc3n1CC1CC1)n2C. The Kier molecular flexibility index (Phi) is 5.56. The monoisotopic (exact) mass is 484 g/mol. The molecule has 1 aliphatic heterocycles. The quantitative estimate of drug-likeness (QED) is 0.309. The second kappa shape index (κ2) is 8.91. The summed E-state index contributed by atoms with van der Waals surface area (Å²) in [6, 6.07) is 11.4. The number of hydrogen-bond acceptors (Lipinski definition) is 6. The fourth-order valence-corrected chi connectivity index (χ4v) is 4.96. The largest absolute Gasteiger partial charge is 0.456 e. The molecule has 36 heavy (non-hydrogen) atoms. The zero-order chi connectivity index (χ0) is 24.8. The number of aryl methyl sites for hydroxylation is 1. The summed E-state index contributed by atoms with van der Waals surface area (Å²) in [6.45, 7) is 5.37. The molecule has 0 spiro atoms. The van der Waals surface area contributed by atoms with Gasteiger partial charge < -0.3 is 24.5 Å². The van der Waals surface area contributed by atoms with Gasteiger partial charge in [0.1, 0.15) is 11.8 Å².